The van der Waals surface area contributed by atoms with Crippen molar-refractivity contribution in [2.24, 2.45) is 22.7 Å². The lowest BCUT2D eigenvalue weighted by molar-refractivity contribution is -0.121. The van der Waals surface area contributed by atoms with E-state index in [1.165, 1.54) is 22.1 Å². The number of thioether (sulfide) groups is 1. The molecule has 8 heteroatoms. The first-order valence-corrected chi connectivity index (χ1v) is 17.3. The zero-order chi connectivity index (χ0) is 29.0. The molecule has 0 bridgehead atoms. The van der Waals surface area contributed by atoms with E-state index in [1.54, 1.807) is 6.26 Å². The number of carbonyl (C=O) groups is 2. The van der Waals surface area contributed by atoms with Gasteiger partial charge in [-0.05, 0) is 51.9 Å². The van der Waals surface area contributed by atoms with Crippen LogP contribution in [0, 0.1) is 17.8 Å². The number of nitrogens with one attached hydrogen (secondary N) is 1. The maximum atomic E-state index is 13.2. The third-order valence-corrected chi connectivity index (χ3v) is 14.0. The summed E-state index contributed by atoms with van der Waals surface area (Å²) in [5, 5.41) is 5.59. The quantitative estimate of drug-likeness (QED) is 0.216. The van der Waals surface area contributed by atoms with Crippen LogP contribution < -0.4 is 15.7 Å². The third-order valence-electron chi connectivity index (χ3n) is 8.29. The van der Waals surface area contributed by atoms with E-state index in [0.29, 0.717) is 0 Å². The van der Waals surface area contributed by atoms with Crippen molar-refractivity contribution in [3.8, 4) is 0 Å². The molecule has 6 nitrogen and oxygen atoms in total. The fraction of sp³-hybridized carbons (Fsp3) is 0.364. The average molecular weight is 587 g/mol. The van der Waals surface area contributed by atoms with Crippen molar-refractivity contribution in [2.75, 3.05) is 6.26 Å². The first kappa shape index (κ1) is 29.3. The molecule has 2 saturated carbocycles. The molecule has 41 heavy (non-hydrogen) atoms. The van der Waals surface area contributed by atoms with Gasteiger partial charge in [0.15, 0.2) is 5.17 Å². The van der Waals surface area contributed by atoms with Gasteiger partial charge in [0.05, 0.1) is 0 Å². The van der Waals surface area contributed by atoms with E-state index in [9.17, 15) is 9.59 Å². The van der Waals surface area contributed by atoms with Crippen LogP contribution in [-0.4, -0.2) is 37.8 Å². The topological polar surface area (TPSA) is 77.0 Å². The Bertz CT molecular complexity index is 1330. The number of nitrogens with zero attached hydrogens (tertiary/aromatic N) is 1. The second-order valence-corrected chi connectivity index (χ2v) is 16.9. The number of hydrogen-bond donors (Lipinski definition) is 1. The maximum absolute atomic E-state index is 13.2. The van der Waals surface area contributed by atoms with Crippen LogP contribution >= 0.6 is 11.8 Å². The number of rotatable bonds is 7. The summed E-state index contributed by atoms with van der Waals surface area (Å²) in [5.41, 5.74) is 0.881. The van der Waals surface area contributed by atoms with Gasteiger partial charge in [-0.1, -0.05) is 124 Å². The Balaban J connectivity index is 1.23. The molecule has 2 amide bonds. The van der Waals surface area contributed by atoms with Crippen LogP contribution in [0.15, 0.2) is 96.0 Å². The molecule has 2 fully saturated rings. The Morgan fingerprint density at radius 2 is 1.39 bits per heavy atom. The molecular formula is C33H38N2O4SSi. The number of amidine groups is 1. The first-order chi connectivity index (χ1) is 19.7. The predicted molar refractivity (Wildman–Crippen MR) is 168 cm³/mol. The minimum atomic E-state index is -2.63. The summed E-state index contributed by atoms with van der Waals surface area (Å²) < 4.78 is 12.6. The van der Waals surface area contributed by atoms with Crippen molar-refractivity contribution in [1.29, 1.82) is 0 Å². The summed E-state index contributed by atoms with van der Waals surface area (Å²) >= 11 is 1.23. The zero-order valence-corrected chi connectivity index (χ0v) is 25.9. The van der Waals surface area contributed by atoms with Crippen molar-refractivity contribution in [2.45, 2.75) is 51.4 Å². The number of hydrogen-bond acceptors (Lipinski definition) is 5. The van der Waals surface area contributed by atoms with Gasteiger partial charge in [-0.3, -0.25) is 4.79 Å². The monoisotopic (exact) mass is 586 g/mol. The molecule has 0 radical (unpaired) electrons. The second kappa shape index (κ2) is 12.3. The number of fused-ring (bicyclic) bond motifs is 1. The molecule has 4 atom stereocenters. The van der Waals surface area contributed by atoms with Gasteiger partial charge in [0.2, 0.25) is 5.91 Å². The van der Waals surface area contributed by atoms with Crippen molar-refractivity contribution in [1.82, 2.24) is 5.32 Å². The van der Waals surface area contributed by atoms with Crippen LogP contribution in [0.2, 0.25) is 5.04 Å². The molecule has 3 aromatic carbocycles. The van der Waals surface area contributed by atoms with E-state index in [2.05, 4.69) is 91.7 Å². The summed E-state index contributed by atoms with van der Waals surface area (Å²) in [6, 6.07) is 30.8. The SMILES string of the molecule is CSC(=NC(=O)OCc1ccccc1)NC(=O)C1[C@H]2CC(O[Si](c3ccccc3)(c3ccccc3)C(C)(C)C)C[C@@H]12. The summed E-state index contributed by atoms with van der Waals surface area (Å²) in [5.74, 6) is 0.414. The molecular weight excluding hydrogens is 549 g/mol. The lowest BCUT2D eigenvalue weighted by Gasteiger charge is -2.45. The van der Waals surface area contributed by atoms with Gasteiger partial charge < -0.3 is 14.5 Å². The highest BCUT2D eigenvalue weighted by atomic mass is 32.2. The average Bonchev–Trinajstić information content (AvgIpc) is 3.49. The van der Waals surface area contributed by atoms with Gasteiger partial charge in [0.1, 0.15) is 6.61 Å². The molecule has 3 aromatic rings. The van der Waals surface area contributed by atoms with E-state index in [1.807, 2.05) is 30.3 Å². The maximum Gasteiger partial charge on any atom is 0.436 e. The molecule has 5 rings (SSSR count). The van der Waals surface area contributed by atoms with Crippen molar-refractivity contribution >= 4 is 47.6 Å². The van der Waals surface area contributed by atoms with Crippen molar-refractivity contribution in [3.63, 3.8) is 0 Å². The van der Waals surface area contributed by atoms with Crippen LogP contribution in [0.25, 0.3) is 0 Å². The smallest absolute Gasteiger partial charge is 0.436 e. The number of amides is 2. The molecule has 2 aliphatic carbocycles. The molecule has 2 aliphatic rings. The van der Waals surface area contributed by atoms with E-state index in [-0.39, 0.29) is 46.6 Å². The highest BCUT2D eigenvalue weighted by Gasteiger charge is 2.62. The Kier molecular flexibility index (Phi) is 8.82. The number of carbonyl (C=O) groups excluding carboxylic acids is 2. The Morgan fingerprint density at radius 1 is 0.878 bits per heavy atom. The molecule has 0 aromatic heterocycles. The number of ether oxygens (including phenoxy) is 1. The van der Waals surface area contributed by atoms with Crippen LogP contribution in [0.3, 0.4) is 0 Å². The van der Waals surface area contributed by atoms with Gasteiger partial charge in [-0.15, -0.1) is 0 Å². The Labute approximate surface area is 248 Å². The van der Waals surface area contributed by atoms with E-state index >= 15 is 0 Å². The van der Waals surface area contributed by atoms with Gasteiger partial charge in [-0.2, -0.15) is 4.99 Å². The van der Waals surface area contributed by atoms with Crippen LogP contribution in [-0.2, 0) is 20.6 Å². The van der Waals surface area contributed by atoms with Crippen LogP contribution in [0.5, 0.6) is 0 Å². The van der Waals surface area contributed by atoms with Crippen molar-refractivity contribution in [3.05, 3.63) is 96.6 Å². The van der Waals surface area contributed by atoms with Crippen LogP contribution in [0.1, 0.15) is 39.2 Å². The number of aliphatic imine (C=N–C) groups is 1. The molecule has 0 saturated heterocycles. The molecule has 0 heterocycles. The number of benzene rings is 3. The first-order valence-electron chi connectivity index (χ1n) is 14.2. The third kappa shape index (κ3) is 6.35. The summed E-state index contributed by atoms with van der Waals surface area (Å²) in [6.07, 6.45) is 2.89. The van der Waals surface area contributed by atoms with Gasteiger partial charge in [-0.25, -0.2) is 4.79 Å². The van der Waals surface area contributed by atoms with E-state index in [0.717, 1.165) is 18.4 Å². The highest BCUT2D eigenvalue weighted by Crippen LogP contribution is 2.59. The second-order valence-electron chi connectivity index (χ2n) is 11.9. The van der Waals surface area contributed by atoms with Gasteiger partial charge in [0.25, 0.3) is 8.32 Å². The predicted octanol–water partition coefficient (Wildman–Crippen LogP) is 5.76. The Hall–Kier alpha value is -3.20. The standard InChI is InChI=1S/C33H38N2O4SSi/c1-33(2,3)41(25-16-10-6-11-17-25,26-18-12-7-13-19-26)39-24-20-27-28(21-24)29(27)30(36)34-31(40-4)35-32(37)38-22-23-14-8-5-9-15-23/h5-19,24,27-29H,20-22H2,1-4H3,(H,34,35,36,37)/t24?,27-,28+,29?. The fourth-order valence-electron chi connectivity index (χ4n) is 6.37. The molecule has 0 spiro atoms. The minimum absolute atomic E-state index is 0.0761. The molecule has 0 aliphatic heterocycles. The highest BCUT2D eigenvalue weighted by molar-refractivity contribution is 8.13. The normalized spacial score (nSPS) is 22.1. The van der Waals surface area contributed by atoms with Crippen molar-refractivity contribution < 1.29 is 18.8 Å². The summed E-state index contributed by atoms with van der Waals surface area (Å²) in [6.45, 7) is 7.01. The Morgan fingerprint density at radius 3 is 1.88 bits per heavy atom. The fourth-order valence-corrected chi connectivity index (χ4v) is 11.4. The minimum Gasteiger partial charge on any atom is -0.443 e. The largest absolute Gasteiger partial charge is 0.443 e. The molecule has 214 valence electrons. The van der Waals surface area contributed by atoms with Gasteiger partial charge >= 0.3 is 6.09 Å². The summed E-state index contributed by atoms with van der Waals surface area (Å²) in [4.78, 5) is 29.4. The summed E-state index contributed by atoms with van der Waals surface area (Å²) in [7, 11) is -2.63. The molecule has 2 unspecified atom stereocenters. The van der Waals surface area contributed by atoms with Crippen LogP contribution in [0.4, 0.5) is 4.79 Å². The van der Waals surface area contributed by atoms with E-state index < -0.39 is 14.4 Å². The van der Waals surface area contributed by atoms with Gasteiger partial charge in [0, 0.05) is 12.0 Å². The van der Waals surface area contributed by atoms with E-state index in [4.69, 9.17) is 9.16 Å². The lowest BCUT2D eigenvalue weighted by atomic mass is 10.1. The molecule has 1 N–H and O–H groups in total. The zero-order valence-electron chi connectivity index (χ0n) is 24.1. The lowest BCUT2D eigenvalue weighted by Crippen LogP contribution is -2.67.